The number of amides is 1. The van der Waals surface area contributed by atoms with Crippen LogP contribution in [0, 0.1) is 0 Å². The van der Waals surface area contributed by atoms with Gasteiger partial charge in [-0.05, 0) is 30.7 Å². The Kier molecular flexibility index (Phi) is 3.27. The molecule has 0 atom stereocenters. The first-order valence-electron chi connectivity index (χ1n) is 6.95. The van der Waals surface area contributed by atoms with Crippen LogP contribution in [0.1, 0.15) is 32.9 Å². The third kappa shape index (κ3) is 2.15. The van der Waals surface area contributed by atoms with Gasteiger partial charge < -0.3 is 4.52 Å². The second-order valence-corrected chi connectivity index (χ2v) is 6.97. The third-order valence-electron chi connectivity index (χ3n) is 3.59. The number of anilines is 1. The molecule has 1 aliphatic carbocycles. The number of nitrogens with one attached hydrogen (secondary N) is 1. The van der Waals surface area contributed by atoms with Crippen LogP contribution in [0.5, 0.6) is 0 Å². The fraction of sp³-hybridized carbons (Fsp3) is 0.286. The smallest absolute Gasteiger partial charge is 0.279 e. The number of aryl methyl sites for hydroxylation is 2. The monoisotopic (exact) mass is 332 g/mol. The van der Waals surface area contributed by atoms with Crippen molar-refractivity contribution in [1.29, 1.82) is 0 Å². The summed E-state index contributed by atoms with van der Waals surface area (Å²) in [5.74, 6) is 0.432. The number of carbonyl (C=O) groups excluding carboxylic acids is 1. The zero-order chi connectivity index (χ0) is 15.1. The molecule has 3 aromatic heterocycles. The number of thiophene rings is 1. The van der Waals surface area contributed by atoms with E-state index in [-0.39, 0.29) is 5.91 Å². The van der Waals surface area contributed by atoms with Gasteiger partial charge in [0.25, 0.3) is 5.91 Å². The van der Waals surface area contributed by atoms with Crippen LogP contribution in [0.15, 0.2) is 16.0 Å². The summed E-state index contributed by atoms with van der Waals surface area (Å²) in [6, 6.07) is 2.02. The first kappa shape index (κ1) is 13.6. The maximum Gasteiger partial charge on any atom is 0.279 e. The number of carbonyl (C=O) groups is 1. The minimum Gasteiger partial charge on any atom is -0.355 e. The van der Waals surface area contributed by atoms with Gasteiger partial charge in [-0.15, -0.1) is 21.5 Å². The van der Waals surface area contributed by atoms with Crippen molar-refractivity contribution >= 4 is 33.7 Å². The molecule has 0 saturated heterocycles. The van der Waals surface area contributed by atoms with Crippen molar-refractivity contribution in [1.82, 2.24) is 15.4 Å². The summed E-state index contributed by atoms with van der Waals surface area (Å²) in [4.78, 5) is 13.7. The molecule has 0 unspecified atom stereocenters. The van der Waals surface area contributed by atoms with E-state index in [1.807, 2.05) is 18.4 Å². The Hall–Kier alpha value is -2.06. The standard InChI is InChI=1S/C14H12N4O2S2/c1-2-10-16-17-14(22-10)15-13(19)11-8-3-4-9-7(5-6-21-9)12(8)20-18-11/h5-6H,2-4H2,1H3,(H,15,17,19). The number of rotatable bonds is 3. The Balaban J connectivity index is 1.63. The summed E-state index contributed by atoms with van der Waals surface area (Å²) in [7, 11) is 0. The minimum absolute atomic E-state index is 0.289. The summed E-state index contributed by atoms with van der Waals surface area (Å²) < 4.78 is 5.42. The highest BCUT2D eigenvalue weighted by Crippen LogP contribution is 2.38. The van der Waals surface area contributed by atoms with E-state index in [4.69, 9.17) is 4.52 Å². The van der Waals surface area contributed by atoms with Crippen LogP contribution in [-0.2, 0) is 19.3 Å². The van der Waals surface area contributed by atoms with Crippen LogP contribution >= 0.6 is 22.7 Å². The molecule has 6 nitrogen and oxygen atoms in total. The molecular weight excluding hydrogens is 320 g/mol. The molecule has 8 heteroatoms. The van der Waals surface area contributed by atoms with Crippen molar-refractivity contribution in [2.24, 2.45) is 0 Å². The highest BCUT2D eigenvalue weighted by Gasteiger charge is 2.28. The van der Waals surface area contributed by atoms with Crippen LogP contribution in [0.2, 0.25) is 0 Å². The number of nitrogens with zero attached hydrogens (tertiary/aromatic N) is 3. The van der Waals surface area contributed by atoms with Crippen molar-refractivity contribution < 1.29 is 9.32 Å². The predicted octanol–water partition coefficient (Wildman–Crippen LogP) is 3.17. The van der Waals surface area contributed by atoms with E-state index in [1.54, 1.807) is 11.3 Å². The predicted molar refractivity (Wildman–Crippen MR) is 84.5 cm³/mol. The molecule has 3 aromatic rings. The maximum atomic E-state index is 12.4. The van der Waals surface area contributed by atoms with Crippen LogP contribution in [0.3, 0.4) is 0 Å². The van der Waals surface area contributed by atoms with Crippen molar-refractivity contribution in [3.63, 3.8) is 0 Å². The zero-order valence-corrected chi connectivity index (χ0v) is 13.4. The molecule has 3 heterocycles. The van der Waals surface area contributed by atoms with E-state index in [9.17, 15) is 4.79 Å². The van der Waals surface area contributed by atoms with Gasteiger partial charge in [-0.3, -0.25) is 10.1 Å². The van der Waals surface area contributed by atoms with Gasteiger partial charge in [-0.1, -0.05) is 23.4 Å². The van der Waals surface area contributed by atoms with Gasteiger partial charge in [0.15, 0.2) is 11.5 Å². The Morgan fingerprint density at radius 1 is 1.41 bits per heavy atom. The summed E-state index contributed by atoms with van der Waals surface area (Å²) >= 11 is 3.08. The highest BCUT2D eigenvalue weighted by molar-refractivity contribution is 7.15. The molecular formula is C14H12N4O2S2. The van der Waals surface area contributed by atoms with Crippen molar-refractivity contribution in [2.45, 2.75) is 26.2 Å². The second kappa shape index (κ2) is 5.29. The Morgan fingerprint density at radius 3 is 3.14 bits per heavy atom. The van der Waals surface area contributed by atoms with E-state index < -0.39 is 0 Å². The molecule has 0 aromatic carbocycles. The van der Waals surface area contributed by atoms with Crippen LogP contribution in [0.25, 0.3) is 11.3 Å². The molecule has 1 aliphatic rings. The van der Waals surface area contributed by atoms with Crippen molar-refractivity contribution in [2.75, 3.05) is 5.32 Å². The molecule has 0 aliphatic heterocycles. The highest BCUT2D eigenvalue weighted by atomic mass is 32.1. The summed E-state index contributed by atoms with van der Waals surface area (Å²) in [5.41, 5.74) is 2.28. The lowest BCUT2D eigenvalue weighted by atomic mass is 9.95. The SMILES string of the molecule is CCc1nnc(NC(=O)c2noc3c2CCc2sccc2-3)s1. The van der Waals surface area contributed by atoms with Crippen molar-refractivity contribution in [3.05, 3.63) is 32.6 Å². The first-order chi connectivity index (χ1) is 10.8. The molecule has 0 saturated carbocycles. The van der Waals surface area contributed by atoms with Crippen LogP contribution in [0.4, 0.5) is 5.13 Å². The van der Waals surface area contributed by atoms with Gasteiger partial charge in [0.1, 0.15) is 5.01 Å². The fourth-order valence-electron chi connectivity index (χ4n) is 2.51. The summed E-state index contributed by atoms with van der Waals surface area (Å²) in [6.45, 7) is 2.00. The summed E-state index contributed by atoms with van der Waals surface area (Å²) in [5, 5.41) is 18.1. The van der Waals surface area contributed by atoms with E-state index >= 15 is 0 Å². The van der Waals surface area contributed by atoms with E-state index in [0.29, 0.717) is 10.8 Å². The minimum atomic E-state index is -0.289. The number of hydrogen-bond donors (Lipinski definition) is 1. The number of aromatic nitrogens is 3. The average Bonchev–Trinajstić information content (AvgIpc) is 3.24. The van der Waals surface area contributed by atoms with Gasteiger partial charge in [0.05, 0.1) is 0 Å². The molecule has 1 amide bonds. The molecule has 0 bridgehead atoms. The van der Waals surface area contributed by atoms with E-state index in [2.05, 4.69) is 20.7 Å². The molecule has 1 N–H and O–H groups in total. The largest absolute Gasteiger partial charge is 0.355 e. The van der Waals surface area contributed by atoms with Gasteiger partial charge in [-0.25, -0.2) is 0 Å². The Bertz CT molecular complexity index is 849. The number of fused-ring (bicyclic) bond motifs is 3. The van der Waals surface area contributed by atoms with Gasteiger partial charge in [0.2, 0.25) is 5.13 Å². The van der Waals surface area contributed by atoms with Gasteiger partial charge in [-0.2, -0.15) is 0 Å². The van der Waals surface area contributed by atoms with Crippen LogP contribution < -0.4 is 5.32 Å². The number of hydrogen-bond acceptors (Lipinski definition) is 7. The zero-order valence-electron chi connectivity index (χ0n) is 11.8. The quantitative estimate of drug-likeness (QED) is 0.797. The average molecular weight is 332 g/mol. The molecule has 0 fully saturated rings. The van der Waals surface area contributed by atoms with Gasteiger partial charge >= 0.3 is 0 Å². The lowest BCUT2D eigenvalue weighted by Crippen LogP contribution is -2.15. The lowest BCUT2D eigenvalue weighted by Gasteiger charge is -2.09. The first-order valence-corrected chi connectivity index (χ1v) is 8.65. The molecule has 0 radical (unpaired) electrons. The van der Waals surface area contributed by atoms with Crippen LogP contribution in [-0.4, -0.2) is 21.3 Å². The topological polar surface area (TPSA) is 80.9 Å². The molecule has 4 rings (SSSR count). The molecule has 112 valence electrons. The fourth-order valence-corrected chi connectivity index (χ4v) is 4.06. The summed E-state index contributed by atoms with van der Waals surface area (Å²) in [6.07, 6.45) is 2.49. The van der Waals surface area contributed by atoms with Crippen molar-refractivity contribution in [3.8, 4) is 11.3 Å². The molecule has 0 spiro atoms. The van der Waals surface area contributed by atoms with E-state index in [1.165, 1.54) is 16.2 Å². The molecule has 22 heavy (non-hydrogen) atoms. The second-order valence-electron chi connectivity index (χ2n) is 4.90. The maximum absolute atomic E-state index is 12.4. The Morgan fingerprint density at radius 2 is 2.32 bits per heavy atom. The van der Waals surface area contributed by atoms with Gasteiger partial charge in [0, 0.05) is 16.0 Å². The normalized spacial score (nSPS) is 12.8. The van der Waals surface area contributed by atoms with E-state index in [0.717, 1.165) is 41.2 Å². The lowest BCUT2D eigenvalue weighted by molar-refractivity contribution is 0.101. The Labute approximate surface area is 134 Å². The third-order valence-corrected chi connectivity index (χ3v) is 5.55.